The number of aryl methyl sites for hydroxylation is 1. The van der Waals surface area contributed by atoms with Gasteiger partial charge in [-0.05, 0) is 38.7 Å². The van der Waals surface area contributed by atoms with Crippen LogP contribution in [0.25, 0.3) is 11.3 Å². The lowest BCUT2D eigenvalue weighted by Crippen LogP contribution is -2.21. The molecule has 0 N–H and O–H groups in total. The summed E-state index contributed by atoms with van der Waals surface area (Å²) in [5.41, 5.74) is 6.29. The van der Waals surface area contributed by atoms with Gasteiger partial charge in [0.2, 0.25) is 0 Å². The SMILES string of the molecule is CCO/N=C1/C[C@@H](C)Cc2nnc(-c3ccc(C)cc3)cc21. The Morgan fingerprint density at radius 3 is 2.68 bits per heavy atom. The molecule has 4 heteroatoms. The number of hydrogen-bond acceptors (Lipinski definition) is 4. The molecule has 3 rings (SSSR count). The van der Waals surface area contributed by atoms with Crippen molar-refractivity contribution in [3.8, 4) is 11.3 Å². The van der Waals surface area contributed by atoms with Crippen molar-refractivity contribution < 1.29 is 4.84 Å². The van der Waals surface area contributed by atoms with Crippen LogP contribution in [0, 0.1) is 12.8 Å². The van der Waals surface area contributed by atoms with Crippen LogP contribution in [0.5, 0.6) is 0 Å². The fraction of sp³-hybridized carbons (Fsp3) is 0.389. The molecule has 0 saturated carbocycles. The van der Waals surface area contributed by atoms with Crippen LogP contribution < -0.4 is 0 Å². The predicted molar refractivity (Wildman–Crippen MR) is 87.9 cm³/mol. The Balaban J connectivity index is 2.02. The summed E-state index contributed by atoms with van der Waals surface area (Å²) in [5, 5.41) is 13.1. The first-order valence-corrected chi connectivity index (χ1v) is 7.80. The van der Waals surface area contributed by atoms with Crippen molar-refractivity contribution in [2.45, 2.75) is 33.6 Å². The summed E-state index contributed by atoms with van der Waals surface area (Å²) in [6, 6.07) is 10.4. The minimum atomic E-state index is 0.520. The van der Waals surface area contributed by atoms with E-state index in [4.69, 9.17) is 4.84 Å². The normalized spacial score (nSPS) is 19.0. The molecule has 22 heavy (non-hydrogen) atoms. The van der Waals surface area contributed by atoms with E-state index in [-0.39, 0.29) is 0 Å². The molecule has 0 amide bonds. The zero-order valence-electron chi connectivity index (χ0n) is 13.3. The standard InChI is InChI=1S/C18H21N3O/c1-4-22-21-18-10-13(3)9-17-15(18)11-16(19-20-17)14-7-5-12(2)6-8-14/h5-8,11,13H,4,9-10H2,1-3H3/b21-18-/t13-/m0/s1. The first kappa shape index (κ1) is 14.7. The summed E-state index contributed by atoms with van der Waals surface area (Å²) in [5.74, 6) is 0.520. The van der Waals surface area contributed by atoms with E-state index < -0.39 is 0 Å². The van der Waals surface area contributed by atoms with Gasteiger partial charge in [0.1, 0.15) is 6.61 Å². The quantitative estimate of drug-likeness (QED) is 0.810. The topological polar surface area (TPSA) is 47.4 Å². The highest BCUT2D eigenvalue weighted by Gasteiger charge is 2.24. The second-order valence-electron chi connectivity index (χ2n) is 5.93. The van der Waals surface area contributed by atoms with E-state index in [9.17, 15) is 0 Å². The summed E-state index contributed by atoms with van der Waals surface area (Å²) < 4.78 is 0. The minimum Gasteiger partial charge on any atom is -0.396 e. The number of hydrogen-bond donors (Lipinski definition) is 0. The van der Waals surface area contributed by atoms with Crippen LogP contribution in [-0.4, -0.2) is 22.5 Å². The molecule has 0 fully saturated rings. The molecule has 1 aliphatic carbocycles. The van der Waals surface area contributed by atoms with E-state index in [1.807, 2.05) is 6.92 Å². The van der Waals surface area contributed by atoms with Crippen LogP contribution in [-0.2, 0) is 11.3 Å². The van der Waals surface area contributed by atoms with E-state index >= 15 is 0 Å². The van der Waals surface area contributed by atoms with E-state index in [1.165, 1.54) is 5.56 Å². The summed E-state index contributed by atoms with van der Waals surface area (Å²) >= 11 is 0. The fourth-order valence-corrected chi connectivity index (χ4v) is 2.75. The van der Waals surface area contributed by atoms with E-state index in [0.717, 1.165) is 41.1 Å². The highest BCUT2D eigenvalue weighted by atomic mass is 16.6. The molecule has 1 heterocycles. The molecule has 0 spiro atoms. The number of aromatic nitrogens is 2. The number of rotatable bonds is 3. The molecule has 114 valence electrons. The lowest BCUT2D eigenvalue weighted by Gasteiger charge is -2.21. The van der Waals surface area contributed by atoms with E-state index in [1.54, 1.807) is 0 Å². The van der Waals surface area contributed by atoms with Gasteiger partial charge < -0.3 is 4.84 Å². The molecule has 0 bridgehead atoms. The van der Waals surface area contributed by atoms with Gasteiger partial charge in [0.15, 0.2) is 0 Å². The Kier molecular flexibility index (Phi) is 4.18. The van der Waals surface area contributed by atoms with Gasteiger partial charge in [-0.1, -0.05) is 41.9 Å². The monoisotopic (exact) mass is 295 g/mol. The Morgan fingerprint density at radius 1 is 1.18 bits per heavy atom. The lowest BCUT2D eigenvalue weighted by atomic mass is 9.86. The van der Waals surface area contributed by atoms with Crippen LogP contribution in [0.2, 0.25) is 0 Å². The third kappa shape index (κ3) is 3.01. The van der Waals surface area contributed by atoms with Crippen molar-refractivity contribution in [2.75, 3.05) is 6.61 Å². The Labute approximate surface area is 131 Å². The molecule has 0 unspecified atom stereocenters. The molecule has 0 radical (unpaired) electrons. The van der Waals surface area contributed by atoms with Crippen molar-refractivity contribution in [2.24, 2.45) is 11.1 Å². The van der Waals surface area contributed by atoms with Gasteiger partial charge in [0.05, 0.1) is 17.1 Å². The Hall–Kier alpha value is -2.23. The molecule has 2 aromatic rings. The molecule has 0 saturated heterocycles. The highest BCUT2D eigenvalue weighted by Crippen LogP contribution is 2.27. The van der Waals surface area contributed by atoms with Crippen molar-refractivity contribution in [3.63, 3.8) is 0 Å². The Bertz CT molecular complexity index is 692. The fourth-order valence-electron chi connectivity index (χ4n) is 2.75. The van der Waals surface area contributed by atoms with Crippen LogP contribution in [0.1, 0.15) is 37.1 Å². The van der Waals surface area contributed by atoms with Crippen molar-refractivity contribution in [1.82, 2.24) is 10.2 Å². The maximum atomic E-state index is 5.28. The predicted octanol–water partition coefficient (Wildman–Crippen LogP) is 3.77. The molecule has 1 aromatic carbocycles. The number of oxime groups is 1. The number of fused-ring (bicyclic) bond motifs is 1. The number of nitrogens with zero attached hydrogens (tertiary/aromatic N) is 3. The summed E-state index contributed by atoms with van der Waals surface area (Å²) in [6.07, 6.45) is 1.87. The van der Waals surface area contributed by atoms with E-state index in [0.29, 0.717) is 12.5 Å². The van der Waals surface area contributed by atoms with Gasteiger partial charge >= 0.3 is 0 Å². The van der Waals surface area contributed by atoms with Gasteiger partial charge in [0.25, 0.3) is 0 Å². The average molecular weight is 295 g/mol. The largest absolute Gasteiger partial charge is 0.396 e. The van der Waals surface area contributed by atoms with Crippen LogP contribution in [0.3, 0.4) is 0 Å². The zero-order chi connectivity index (χ0) is 15.5. The second-order valence-corrected chi connectivity index (χ2v) is 5.93. The highest BCUT2D eigenvalue weighted by molar-refractivity contribution is 6.02. The van der Waals surface area contributed by atoms with Crippen molar-refractivity contribution in [3.05, 3.63) is 47.2 Å². The van der Waals surface area contributed by atoms with Gasteiger partial charge in [-0.25, -0.2) is 0 Å². The molecular weight excluding hydrogens is 274 g/mol. The van der Waals surface area contributed by atoms with Crippen LogP contribution in [0.15, 0.2) is 35.5 Å². The van der Waals surface area contributed by atoms with Gasteiger partial charge in [0, 0.05) is 11.1 Å². The van der Waals surface area contributed by atoms with Gasteiger partial charge in [-0.15, -0.1) is 0 Å². The third-order valence-corrected chi connectivity index (χ3v) is 3.92. The molecule has 1 aliphatic rings. The average Bonchev–Trinajstić information content (AvgIpc) is 2.53. The van der Waals surface area contributed by atoms with Crippen molar-refractivity contribution in [1.29, 1.82) is 0 Å². The minimum absolute atomic E-state index is 0.520. The Morgan fingerprint density at radius 2 is 1.95 bits per heavy atom. The van der Waals surface area contributed by atoms with E-state index in [2.05, 4.69) is 59.5 Å². The maximum Gasteiger partial charge on any atom is 0.114 e. The van der Waals surface area contributed by atoms with Gasteiger partial charge in [-0.3, -0.25) is 0 Å². The summed E-state index contributed by atoms with van der Waals surface area (Å²) in [6.45, 7) is 6.81. The molecule has 1 aromatic heterocycles. The molecule has 0 aliphatic heterocycles. The lowest BCUT2D eigenvalue weighted by molar-refractivity contribution is 0.157. The molecule has 1 atom stereocenters. The smallest absolute Gasteiger partial charge is 0.114 e. The molecular formula is C18H21N3O. The molecule has 4 nitrogen and oxygen atoms in total. The maximum absolute atomic E-state index is 5.28. The third-order valence-electron chi connectivity index (χ3n) is 3.92. The van der Waals surface area contributed by atoms with Crippen LogP contribution in [0.4, 0.5) is 0 Å². The zero-order valence-corrected chi connectivity index (χ0v) is 13.3. The summed E-state index contributed by atoms with van der Waals surface area (Å²) in [7, 11) is 0. The number of benzene rings is 1. The van der Waals surface area contributed by atoms with Crippen LogP contribution >= 0.6 is 0 Å². The van der Waals surface area contributed by atoms with Gasteiger partial charge in [-0.2, -0.15) is 10.2 Å². The second kappa shape index (κ2) is 6.26. The first-order chi connectivity index (χ1) is 10.7. The first-order valence-electron chi connectivity index (χ1n) is 7.80. The van der Waals surface area contributed by atoms with Crippen molar-refractivity contribution >= 4 is 5.71 Å². The summed E-state index contributed by atoms with van der Waals surface area (Å²) in [4.78, 5) is 5.28.